The van der Waals surface area contributed by atoms with Gasteiger partial charge in [-0.15, -0.1) is 0 Å². The molecule has 1 fully saturated rings. The van der Waals surface area contributed by atoms with Crippen LogP contribution in [-0.4, -0.2) is 22.7 Å². The molecule has 134 valence electrons. The second-order valence-electron chi connectivity index (χ2n) is 5.78. The Hall–Kier alpha value is -2.60. The summed E-state index contributed by atoms with van der Waals surface area (Å²) in [5, 5.41) is -0.396. The van der Waals surface area contributed by atoms with Crippen LogP contribution in [0.4, 0.5) is 9.18 Å². The Labute approximate surface area is 155 Å². The second-order valence-corrected chi connectivity index (χ2v) is 6.77. The lowest BCUT2D eigenvalue weighted by molar-refractivity contribution is -0.123. The van der Waals surface area contributed by atoms with Gasteiger partial charge in [-0.2, -0.15) is 0 Å². The van der Waals surface area contributed by atoms with Crippen molar-refractivity contribution < 1.29 is 18.7 Å². The maximum atomic E-state index is 13.8. The number of nitrogens with zero attached hydrogens (tertiary/aromatic N) is 1. The normalized spacial score (nSPS) is 15.8. The van der Waals surface area contributed by atoms with Gasteiger partial charge in [0.15, 0.2) is 0 Å². The number of carbonyl (C=O) groups excluding carboxylic acids is 2. The highest BCUT2D eigenvalue weighted by Gasteiger charge is 2.35. The molecule has 6 heteroatoms. The van der Waals surface area contributed by atoms with Crippen molar-refractivity contribution in [3.05, 3.63) is 70.4 Å². The van der Waals surface area contributed by atoms with E-state index >= 15 is 0 Å². The Morgan fingerprint density at radius 3 is 2.54 bits per heavy atom. The minimum atomic E-state index is -0.432. The molecule has 0 bridgehead atoms. The zero-order valence-electron chi connectivity index (χ0n) is 14.3. The third kappa shape index (κ3) is 4.14. The summed E-state index contributed by atoms with van der Waals surface area (Å²) in [6.07, 6.45) is 2.59. The Balaban J connectivity index is 1.73. The molecule has 2 amide bonds. The maximum absolute atomic E-state index is 13.8. The van der Waals surface area contributed by atoms with Gasteiger partial charge in [-0.05, 0) is 48.0 Å². The molecule has 0 aliphatic carbocycles. The smallest absolute Gasteiger partial charge is 0.293 e. The van der Waals surface area contributed by atoms with Gasteiger partial charge >= 0.3 is 0 Å². The average molecular weight is 371 g/mol. The Morgan fingerprint density at radius 1 is 1.12 bits per heavy atom. The lowest BCUT2D eigenvalue weighted by Gasteiger charge is -2.12. The number of hydrogen-bond acceptors (Lipinski definition) is 4. The zero-order valence-corrected chi connectivity index (χ0v) is 15.1. The Bertz CT molecular complexity index is 848. The van der Waals surface area contributed by atoms with Crippen molar-refractivity contribution in [3.63, 3.8) is 0 Å². The molecule has 2 aromatic rings. The fraction of sp³-hybridized carbons (Fsp3) is 0.200. The number of imide groups is 1. The third-order valence-electron chi connectivity index (χ3n) is 3.81. The minimum absolute atomic E-state index is 0.0710. The molecule has 0 saturated carbocycles. The van der Waals surface area contributed by atoms with E-state index in [0.717, 1.165) is 34.4 Å². The number of halogens is 1. The molecule has 4 nitrogen and oxygen atoms in total. The Morgan fingerprint density at radius 2 is 1.85 bits per heavy atom. The minimum Gasteiger partial charge on any atom is -0.494 e. The van der Waals surface area contributed by atoms with E-state index in [1.54, 1.807) is 24.3 Å². The van der Waals surface area contributed by atoms with Gasteiger partial charge in [0.1, 0.15) is 11.6 Å². The van der Waals surface area contributed by atoms with E-state index in [4.69, 9.17) is 4.74 Å². The number of amides is 2. The molecule has 0 aromatic heterocycles. The first-order chi connectivity index (χ1) is 12.6. The fourth-order valence-corrected chi connectivity index (χ4v) is 3.30. The molecule has 2 aromatic carbocycles. The number of rotatable bonds is 6. The summed E-state index contributed by atoms with van der Waals surface area (Å²) in [5.74, 6) is -0.0792. The molecule has 1 aliphatic heterocycles. The van der Waals surface area contributed by atoms with Crippen molar-refractivity contribution in [2.75, 3.05) is 6.61 Å². The number of benzene rings is 2. The molecule has 26 heavy (non-hydrogen) atoms. The largest absolute Gasteiger partial charge is 0.494 e. The number of carbonyl (C=O) groups is 2. The number of ether oxygens (including phenoxy) is 1. The summed E-state index contributed by atoms with van der Waals surface area (Å²) in [6, 6.07) is 13.4. The van der Waals surface area contributed by atoms with E-state index in [1.807, 2.05) is 31.2 Å². The van der Waals surface area contributed by atoms with Gasteiger partial charge in [0.25, 0.3) is 11.1 Å². The fourth-order valence-electron chi connectivity index (χ4n) is 2.46. The van der Waals surface area contributed by atoms with Crippen LogP contribution in [0.2, 0.25) is 0 Å². The first-order valence-electron chi connectivity index (χ1n) is 8.30. The van der Waals surface area contributed by atoms with Gasteiger partial charge in [-0.1, -0.05) is 37.3 Å². The van der Waals surface area contributed by atoms with E-state index in [9.17, 15) is 14.0 Å². The molecular weight excluding hydrogens is 353 g/mol. The standard InChI is InChI=1S/C20H18FNO3S/c1-2-11-25-16-9-7-14(8-10-16)12-18-19(23)22(20(24)26-18)13-15-5-3-4-6-17(15)21/h3-10,12H,2,11,13H2,1H3/b18-12+. The predicted molar refractivity (Wildman–Crippen MR) is 100 cm³/mol. The molecule has 0 unspecified atom stereocenters. The first kappa shape index (κ1) is 18.2. The molecule has 3 rings (SSSR count). The SMILES string of the molecule is CCCOc1ccc(/C=C2/SC(=O)N(Cc3ccccc3F)C2=O)cc1. The highest BCUT2D eigenvalue weighted by Crippen LogP contribution is 2.33. The highest BCUT2D eigenvalue weighted by molar-refractivity contribution is 8.18. The molecule has 0 atom stereocenters. The number of hydrogen-bond donors (Lipinski definition) is 0. The number of thioether (sulfide) groups is 1. The van der Waals surface area contributed by atoms with E-state index < -0.39 is 17.0 Å². The van der Waals surface area contributed by atoms with Crippen LogP contribution in [0.3, 0.4) is 0 Å². The zero-order chi connectivity index (χ0) is 18.5. The molecule has 1 aliphatic rings. The van der Waals surface area contributed by atoms with Gasteiger partial charge in [0, 0.05) is 5.56 Å². The van der Waals surface area contributed by atoms with Gasteiger partial charge in [-0.3, -0.25) is 14.5 Å². The lowest BCUT2D eigenvalue weighted by atomic mass is 10.2. The van der Waals surface area contributed by atoms with Crippen molar-refractivity contribution in [2.24, 2.45) is 0 Å². The summed E-state index contributed by atoms with van der Waals surface area (Å²) in [4.78, 5) is 26.1. The highest BCUT2D eigenvalue weighted by atomic mass is 32.2. The summed E-state index contributed by atoms with van der Waals surface area (Å²) in [6.45, 7) is 2.61. The van der Waals surface area contributed by atoms with Crippen molar-refractivity contribution in [1.82, 2.24) is 4.90 Å². The Kier molecular flexibility index (Phi) is 5.73. The van der Waals surface area contributed by atoms with Crippen LogP contribution in [0.25, 0.3) is 6.08 Å². The van der Waals surface area contributed by atoms with Crippen molar-refractivity contribution >= 4 is 29.0 Å². The van der Waals surface area contributed by atoms with Crippen LogP contribution in [0, 0.1) is 5.82 Å². The van der Waals surface area contributed by atoms with Crippen molar-refractivity contribution in [2.45, 2.75) is 19.9 Å². The quantitative estimate of drug-likeness (QED) is 0.681. The predicted octanol–water partition coefficient (Wildman–Crippen LogP) is 4.85. The maximum Gasteiger partial charge on any atom is 0.293 e. The van der Waals surface area contributed by atoms with Crippen LogP contribution >= 0.6 is 11.8 Å². The van der Waals surface area contributed by atoms with Crippen molar-refractivity contribution in [3.8, 4) is 5.75 Å². The average Bonchev–Trinajstić information content (AvgIpc) is 2.90. The van der Waals surface area contributed by atoms with Crippen LogP contribution in [-0.2, 0) is 11.3 Å². The van der Waals surface area contributed by atoms with E-state index in [2.05, 4.69) is 0 Å². The van der Waals surface area contributed by atoms with Crippen LogP contribution in [0.1, 0.15) is 24.5 Å². The van der Waals surface area contributed by atoms with Crippen LogP contribution < -0.4 is 4.74 Å². The summed E-state index contributed by atoms with van der Waals surface area (Å²) >= 11 is 0.865. The molecule has 0 N–H and O–H groups in total. The van der Waals surface area contributed by atoms with Gasteiger partial charge in [0.2, 0.25) is 0 Å². The van der Waals surface area contributed by atoms with Gasteiger partial charge in [-0.25, -0.2) is 4.39 Å². The van der Waals surface area contributed by atoms with E-state index in [-0.39, 0.29) is 6.54 Å². The third-order valence-corrected chi connectivity index (χ3v) is 4.72. The lowest BCUT2D eigenvalue weighted by Crippen LogP contribution is -2.27. The van der Waals surface area contributed by atoms with Crippen LogP contribution in [0.15, 0.2) is 53.4 Å². The van der Waals surface area contributed by atoms with Crippen molar-refractivity contribution in [1.29, 1.82) is 0 Å². The second kappa shape index (κ2) is 8.19. The molecular formula is C20H18FNO3S. The molecule has 1 heterocycles. The first-order valence-corrected chi connectivity index (χ1v) is 9.11. The molecule has 1 saturated heterocycles. The van der Waals surface area contributed by atoms with Gasteiger partial charge < -0.3 is 4.74 Å². The molecule has 0 spiro atoms. The molecule has 0 radical (unpaired) electrons. The summed E-state index contributed by atoms with van der Waals surface area (Å²) < 4.78 is 19.3. The monoisotopic (exact) mass is 371 g/mol. The van der Waals surface area contributed by atoms with E-state index in [0.29, 0.717) is 17.1 Å². The topological polar surface area (TPSA) is 46.6 Å². The van der Waals surface area contributed by atoms with Crippen LogP contribution in [0.5, 0.6) is 5.75 Å². The summed E-state index contributed by atoms with van der Waals surface area (Å²) in [5.41, 5.74) is 1.11. The van der Waals surface area contributed by atoms with Gasteiger partial charge in [0.05, 0.1) is 18.1 Å². The summed E-state index contributed by atoms with van der Waals surface area (Å²) in [7, 11) is 0. The van der Waals surface area contributed by atoms with E-state index in [1.165, 1.54) is 6.07 Å².